The van der Waals surface area contributed by atoms with Crippen LogP contribution < -0.4 is 5.32 Å². The first-order chi connectivity index (χ1) is 23.3. The van der Waals surface area contributed by atoms with Gasteiger partial charge in [-0.1, -0.05) is 18.6 Å². The lowest BCUT2D eigenvalue weighted by molar-refractivity contribution is -0.492. The quantitative estimate of drug-likeness (QED) is 0.123. The maximum atomic E-state index is 17.6. The minimum Gasteiger partial charge on any atom is -0.464 e. The van der Waals surface area contributed by atoms with Crippen LogP contribution in [-0.4, -0.2) is 105 Å². The van der Waals surface area contributed by atoms with E-state index < -0.39 is 100 Å². The van der Waals surface area contributed by atoms with Crippen LogP contribution >= 0.6 is 0 Å². The number of aliphatic hydroxyl groups excluding tert-OH is 1. The van der Waals surface area contributed by atoms with Crippen LogP contribution in [0, 0.1) is 22.7 Å². The number of carbonyl (C=O) groups is 5. The van der Waals surface area contributed by atoms with Crippen LogP contribution in [0.1, 0.15) is 79.6 Å². The average molecular weight is 711 g/mol. The minimum atomic E-state index is -2.13. The monoisotopic (exact) mass is 710 g/mol. The van der Waals surface area contributed by atoms with Crippen LogP contribution in [0.25, 0.3) is 0 Å². The summed E-state index contributed by atoms with van der Waals surface area (Å²) in [6.07, 6.45) is 2.77. The fourth-order valence-electron chi connectivity index (χ4n) is 9.35. The summed E-state index contributed by atoms with van der Waals surface area (Å²) in [5, 5.41) is 30.7. The Hall–Kier alpha value is -3.12. The third-order valence-corrected chi connectivity index (χ3v) is 11.4. The lowest BCUT2D eigenvalue weighted by atomic mass is 9.44. The molecule has 50 heavy (non-hydrogen) atoms. The van der Waals surface area contributed by atoms with E-state index in [1.165, 1.54) is 12.2 Å². The molecule has 0 aromatic rings. The number of rotatable bonds is 13. The molecular formula is C34H47FN2O13. The maximum absolute atomic E-state index is 17.6. The molecule has 9 atom stereocenters. The lowest BCUT2D eigenvalue weighted by Gasteiger charge is -2.62. The summed E-state index contributed by atoms with van der Waals surface area (Å²) >= 11 is 0. The van der Waals surface area contributed by atoms with E-state index in [0.29, 0.717) is 24.8 Å². The maximum Gasteiger partial charge on any atom is 0.329 e. The Labute approximate surface area is 288 Å². The zero-order valence-corrected chi connectivity index (χ0v) is 28.9. The first kappa shape index (κ1) is 38.1. The number of esters is 2. The van der Waals surface area contributed by atoms with Crippen molar-refractivity contribution in [2.75, 3.05) is 19.8 Å². The molecule has 1 heterocycles. The number of nitrogens with one attached hydrogen (secondary N) is 1. The summed E-state index contributed by atoms with van der Waals surface area (Å²) < 4.78 is 40.9. The van der Waals surface area contributed by atoms with Crippen LogP contribution in [0.2, 0.25) is 0 Å². The zero-order valence-electron chi connectivity index (χ0n) is 28.9. The Bertz CT molecular complexity index is 1470. The standard InChI is InChI=1S/C34H47FN2O13/c1-19(38)36-24(29(43)46-12-6-7-13-48-37(44)45)16-28(42)47-18-26(41)34-27(49-30(2,3)50-34)15-23-22-9-8-20-14-21(39)10-11-31(20,4)33(22,35)25(40)17-32(23,34)5/h10-11,14,22-25,27,40,44-45H,6-9,12-13,15-18H2,1-5H3,(H,36,38)/t22-,23-,24?,25-,27+,31-,32-,33?,34+/m0/s1. The highest BCUT2D eigenvalue weighted by atomic mass is 19.1. The zero-order chi connectivity index (χ0) is 36.9. The molecule has 1 aliphatic heterocycles. The van der Waals surface area contributed by atoms with Gasteiger partial charge in [0.05, 0.1) is 37.2 Å². The third kappa shape index (κ3) is 6.44. The minimum absolute atomic E-state index is 0.0699. The Balaban J connectivity index is 1.30. The number of Topliss-reactive ketones (excluding diaryl/α,β-unsaturated/α-hetero) is 1. The number of hydrogen-bond acceptors (Lipinski definition) is 14. The molecule has 1 saturated heterocycles. The Kier molecular flexibility index (Phi) is 10.5. The molecule has 15 nitrogen and oxygen atoms in total. The lowest BCUT2D eigenvalue weighted by Crippen LogP contribution is -2.70. The summed E-state index contributed by atoms with van der Waals surface area (Å²) in [6.45, 7) is 6.98. The number of nitrogens with zero attached hydrogens (tertiary/aromatic N) is 1. The molecule has 1 amide bonds. The molecule has 5 rings (SSSR count). The SMILES string of the molecule is CC(=O)NC(CC(=O)OCC(=O)[C@@]12OC(C)(C)O[C@@H]1C[C@H]1[C@@H]3CCC4=CC(=O)C=C[C@]4(C)C3(F)[C@@H](O)C[C@@]12C)C(=O)OCCCCON(O)O. The van der Waals surface area contributed by atoms with Crippen molar-refractivity contribution < 1.29 is 67.7 Å². The predicted octanol–water partition coefficient (Wildman–Crippen LogP) is 2.20. The topological polar surface area (TPSA) is 207 Å². The van der Waals surface area contributed by atoms with E-state index in [9.17, 15) is 29.1 Å². The van der Waals surface area contributed by atoms with Gasteiger partial charge < -0.3 is 29.4 Å². The number of carbonyl (C=O) groups excluding carboxylic acids is 5. The molecule has 0 aromatic heterocycles. The molecule has 4 N–H and O–H groups in total. The van der Waals surface area contributed by atoms with Crippen LogP contribution in [0.15, 0.2) is 23.8 Å². The van der Waals surface area contributed by atoms with Gasteiger partial charge >= 0.3 is 11.9 Å². The van der Waals surface area contributed by atoms with Gasteiger partial charge in [-0.25, -0.2) is 9.18 Å². The van der Waals surface area contributed by atoms with E-state index in [-0.39, 0.29) is 38.3 Å². The van der Waals surface area contributed by atoms with Gasteiger partial charge in [0.1, 0.15) is 6.04 Å². The second-order valence-electron chi connectivity index (χ2n) is 14.8. The van der Waals surface area contributed by atoms with Gasteiger partial charge in [0.15, 0.2) is 29.4 Å². The molecule has 0 radical (unpaired) electrons. The molecule has 3 saturated carbocycles. The second-order valence-corrected chi connectivity index (χ2v) is 14.8. The van der Waals surface area contributed by atoms with Crippen LogP contribution in [0.5, 0.6) is 0 Å². The van der Waals surface area contributed by atoms with Gasteiger partial charge in [-0.3, -0.25) is 34.4 Å². The normalized spacial score (nSPS) is 37.2. The van der Waals surface area contributed by atoms with Gasteiger partial charge in [-0.05, 0) is 77.4 Å². The fourth-order valence-corrected chi connectivity index (χ4v) is 9.35. The number of fused-ring (bicyclic) bond motifs is 7. The van der Waals surface area contributed by atoms with E-state index in [1.54, 1.807) is 33.8 Å². The number of allylic oxidation sites excluding steroid dienone is 4. The van der Waals surface area contributed by atoms with Gasteiger partial charge in [-0.15, -0.1) is 0 Å². The molecule has 278 valence electrons. The number of hydrogen-bond donors (Lipinski definition) is 4. The Morgan fingerprint density at radius 2 is 1.80 bits per heavy atom. The molecule has 2 unspecified atom stereocenters. The Morgan fingerprint density at radius 3 is 2.48 bits per heavy atom. The summed E-state index contributed by atoms with van der Waals surface area (Å²) in [7, 11) is 0. The van der Waals surface area contributed by atoms with Gasteiger partial charge in [0.25, 0.3) is 0 Å². The predicted molar refractivity (Wildman–Crippen MR) is 166 cm³/mol. The highest BCUT2D eigenvalue weighted by Gasteiger charge is 2.80. The Morgan fingerprint density at radius 1 is 1.10 bits per heavy atom. The van der Waals surface area contributed by atoms with Crippen molar-refractivity contribution in [1.82, 2.24) is 10.7 Å². The highest BCUT2D eigenvalue weighted by Crippen LogP contribution is 2.72. The summed E-state index contributed by atoms with van der Waals surface area (Å²) in [5.41, 5.74) is -5.57. The largest absolute Gasteiger partial charge is 0.464 e. The van der Waals surface area contributed by atoms with Crippen molar-refractivity contribution in [2.45, 2.75) is 115 Å². The third-order valence-electron chi connectivity index (χ3n) is 11.4. The molecule has 0 aromatic carbocycles. The average Bonchev–Trinajstić information content (AvgIpc) is 3.43. The highest BCUT2D eigenvalue weighted by molar-refractivity contribution is 6.01. The van der Waals surface area contributed by atoms with Gasteiger partial charge in [0.2, 0.25) is 11.7 Å². The van der Waals surface area contributed by atoms with Gasteiger partial charge in [-0.2, -0.15) is 0 Å². The van der Waals surface area contributed by atoms with Crippen molar-refractivity contribution in [3.05, 3.63) is 23.8 Å². The fraction of sp³-hybridized carbons (Fsp3) is 0.735. The molecule has 4 fully saturated rings. The van der Waals surface area contributed by atoms with Crippen molar-refractivity contribution in [2.24, 2.45) is 22.7 Å². The number of halogens is 1. The second kappa shape index (κ2) is 13.8. The van der Waals surface area contributed by atoms with Crippen LogP contribution in [0.4, 0.5) is 4.39 Å². The van der Waals surface area contributed by atoms with E-state index in [1.807, 2.05) is 0 Å². The number of alkyl halides is 1. The van der Waals surface area contributed by atoms with Crippen molar-refractivity contribution in [3.8, 4) is 0 Å². The van der Waals surface area contributed by atoms with Crippen LogP contribution in [0.3, 0.4) is 0 Å². The smallest absolute Gasteiger partial charge is 0.329 e. The number of ketones is 2. The van der Waals surface area contributed by atoms with Crippen molar-refractivity contribution in [3.63, 3.8) is 0 Å². The first-order valence-electron chi connectivity index (χ1n) is 16.9. The van der Waals surface area contributed by atoms with E-state index >= 15 is 4.39 Å². The van der Waals surface area contributed by atoms with E-state index in [4.69, 9.17) is 29.4 Å². The molecule has 0 bridgehead atoms. The molecule has 4 aliphatic carbocycles. The number of ether oxygens (including phenoxy) is 4. The number of amides is 1. The van der Waals surface area contributed by atoms with Crippen molar-refractivity contribution >= 4 is 29.4 Å². The summed E-state index contributed by atoms with van der Waals surface area (Å²) in [6, 6.07) is -1.41. The molecular weight excluding hydrogens is 663 g/mol. The van der Waals surface area contributed by atoms with Crippen LogP contribution in [-0.2, 0) is 47.8 Å². The van der Waals surface area contributed by atoms with Crippen molar-refractivity contribution in [1.29, 1.82) is 0 Å². The van der Waals surface area contributed by atoms with E-state index in [0.717, 1.165) is 6.92 Å². The van der Waals surface area contributed by atoms with E-state index in [2.05, 4.69) is 10.2 Å². The van der Waals surface area contributed by atoms with Gasteiger partial charge in [0, 0.05) is 23.7 Å². The molecule has 5 aliphatic rings. The number of unbranched alkanes of at least 4 members (excludes halogenated alkanes) is 1. The molecule has 16 heteroatoms. The summed E-state index contributed by atoms with van der Waals surface area (Å²) in [4.78, 5) is 68.4. The molecule has 0 spiro atoms. The summed E-state index contributed by atoms with van der Waals surface area (Å²) in [5.74, 6) is -5.79. The first-order valence-corrected chi connectivity index (χ1v) is 16.9. The number of aliphatic hydroxyl groups is 1.